The van der Waals surface area contributed by atoms with Crippen LogP contribution in [0.15, 0.2) is 0 Å². The van der Waals surface area contributed by atoms with Gasteiger partial charge < -0.3 is 4.90 Å². The Bertz CT molecular complexity index is 550. The monoisotopic (exact) mass is 281 g/mol. The van der Waals surface area contributed by atoms with Gasteiger partial charge in [-0.25, -0.2) is 18.7 Å². The smallest absolute Gasteiger partial charge is 0.272 e. The van der Waals surface area contributed by atoms with Crippen LogP contribution >= 0.6 is 0 Å². The van der Waals surface area contributed by atoms with E-state index in [-0.39, 0.29) is 31.8 Å². The molecule has 108 valence electrons. The number of carbonyl (C=O) groups excluding carboxylic acids is 1. The fraction of sp³-hybridized carbons (Fsp3) is 0.643. The third-order valence-corrected chi connectivity index (χ3v) is 4.03. The largest absolute Gasteiger partial charge is 0.337 e. The van der Waals surface area contributed by atoms with E-state index in [2.05, 4.69) is 9.97 Å². The van der Waals surface area contributed by atoms with E-state index < -0.39 is 5.92 Å². The number of amides is 1. The van der Waals surface area contributed by atoms with Crippen molar-refractivity contribution in [2.45, 2.75) is 45.0 Å². The molecule has 0 saturated carbocycles. The van der Waals surface area contributed by atoms with Crippen LogP contribution in [0.3, 0.4) is 0 Å². The van der Waals surface area contributed by atoms with Gasteiger partial charge in [-0.3, -0.25) is 4.79 Å². The molecule has 2 heterocycles. The highest BCUT2D eigenvalue weighted by atomic mass is 19.3. The summed E-state index contributed by atoms with van der Waals surface area (Å²) in [6, 6.07) is 0. The van der Waals surface area contributed by atoms with E-state index in [1.165, 1.54) is 4.90 Å². The lowest BCUT2D eigenvalue weighted by atomic mass is 10.1. The van der Waals surface area contributed by atoms with Gasteiger partial charge in [0.05, 0.1) is 0 Å². The summed E-state index contributed by atoms with van der Waals surface area (Å²) in [5.74, 6) is -2.28. The van der Waals surface area contributed by atoms with Crippen molar-refractivity contribution >= 4 is 5.91 Å². The molecular formula is C14H17F2N3O. The van der Waals surface area contributed by atoms with E-state index in [4.69, 9.17) is 0 Å². The molecule has 1 aliphatic heterocycles. The Morgan fingerprint density at radius 2 is 1.90 bits per heavy atom. The van der Waals surface area contributed by atoms with Crippen LogP contribution < -0.4 is 0 Å². The lowest BCUT2D eigenvalue weighted by Gasteiger charge is -2.31. The maximum atomic E-state index is 13.2. The Morgan fingerprint density at radius 3 is 2.60 bits per heavy atom. The summed E-state index contributed by atoms with van der Waals surface area (Å²) in [5, 5.41) is 0. The van der Waals surface area contributed by atoms with Crippen LogP contribution in [0.4, 0.5) is 8.78 Å². The lowest BCUT2D eigenvalue weighted by molar-refractivity contribution is -0.0495. The Balaban J connectivity index is 1.85. The van der Waals surface area contributed by atoms with E-state index in [0.29, 0.717) is 11.5 Å². The Labute approximate surface area is 116 Å². The molecular weight excluding hydrogens is 264 g/mol. The predicted molar refractivity (Wildman–Crippen MR) is 68.9 cm³/mol. The van der Waals surface area contributed by atoms with Crippen molar-refractivity contribution in [3.05, 3.63) is 22.8 Å². The van der Waals surface area contributed by atoms with Gasteiger partial charge in [0.2, 0.25) is 0 Å². The second-order valence-corrected chi connectivity index (χ2v) is 5.55. The highest BCUT2D eigenvalue weighted by molar-refractivity contribution is 5.94. The molecule has 1 aromatic rings. The van der Waals surface area contributed by atoms with E-state index in [0.717, 1.165) is 30.5 Å². The maximum absolute atomic E-state index is 13.2. The van der Waals surface area contributed by atoms with Gasteiger partial charge >= 0.3 is 0 Å². The van der Waals surface area contributed by atoms with Crippen LogP contribution in [0, 0.1) is 6.92 Å². The van der Waals surface area contributed by atoms with E-state index in [1.807, 2.05) is 0 Å². The molecule has 1 saturated heterocycles. The summed E-state index contributed by atoms with van der Waals surface area (Å²) in [6.45, 7) is 1.97. The van der Waals surface area contributed by atoms with Crippen LogP contribution in [0.2, 0.25) is 0 Å². The molecule has 4 nitrogen and oxygen atoms in total. The van der Waals surface area contributed by atoms with Crippen molar-refractivity contribution in [3.8, 4) is 0 Å². The van der Waals surface area contributed by atoms with Gasteiger partial charge in [0.1, 0.15) is 11.5 Å². The molecule has 1 amide bonds. The number of piperidine rings is 1. The zero-order valence-electron chi connectivity index (χ0n) is 11.5. The quantitative estimate of drug-likeness (QED) is 0.792. The third kappa shape index (κ3) is 2.39. The van der Waals surface area contributed by atoms with Crippen molar-refractivity contribution in [2.24, 2.45) is 0 Å². The predicted octanol–water partition coefficient (Wildman–Crippen LogP) is 2.15. The van der Waals surface area contributed by atoms with Gasteiger partial charge in [-0.15, -0.1) is 0 Å². The first-order valence-electron chi connectivity index (χ1n) is 7.00. The molecule has 0 atom stereocenters. The fourth-order valence-corrected chi connectivity index (χ4v) is 2.92. The van der Waals surface area contributed by atoms with Crippen LogP contribution in [-0.2, 0) is 12.8 Å². The Morgan fingerprint density at radius 1 is 1.20 bits per heavy atom. The number of likely N-dealkylation sites (tertiary alicyclic amines) is 1. The van der Waals surface area contributed by atoms with Crippen molar-refractivity contribution < 1.29 is 13.6 Å². The molecule has 1 fully saturated rings. The van der Waals surface area contributed by atoms with Gasteiger partial charge in [0.25, 0.3) is 11.8 Å². The normalized spacial score (nSPS) is 20.9. The van der Waals surface area contributed by atoms with Crippen LogP contribution in [-0.4, -0.2) is 39.8 Å². The molecule has 0 radical (unpaired) electrons. The average Bonchev–Trinajstić information content (AvgIpc) is 2.85. The van der Waals surface area contributed by atoms with Crippen molar-refractivity contribution in [1.29, 1.82) is 0 Å². The topological polar surface area (TPSA) is 46.1 Å². The molecule has 20 heavy (non-hydrogen) atoms. The molecule has 0 N–H and O–H groups in total. The molecule has 2 aliphatic rings. The van der Waals surface area contributed by atoms with Crippen LogP contribution in [0.25, 0.3) is 0 Å². The molecule has 0 aromatic carbocycles. The summed E-state index contributed by atoms with van der Waals surface area (Å²) < 4.78 is 26.3. The molecule has 0 unspecified atom stereocenters. The van der Waals surface area contributed by atoms with Crippen molar-refractivity contribution in [1.82, 2.24) is 14.9 Å². The number of fused-ring (bicyclic) bond motifs is 1. The highest BCUT2D eigenvalue weighted by Crippen LogP contribution is 2.29. The zero-order chi connectivity index (χ0) is 14.3. The van der Waals surface area contributed by atoms with Gasteiger partial charge in [0.15, 0.2) is 0 Å². The standard InChI is InChI=1S/C14H17F2N3O/c1-9-17-11-4-2-3-10(11)12(18-9)13(20)19-7-5-14(15,16)6-8-19/h2-8H2,1H3. The Kier molecular flexibility index (Phi) is 3.18. The van der Waals surface area contributed by atoms with Gasteiger partial charge in [-0.05, 0) is 26.2 Å². The number of halogens is 2. The van der Waals surface area contributed by atoms with Gasteiger partial charge in [-0.2, -0.15) is 0 Å². The number of alkyl halides is 2. The van der Waals surface area contributed by atoms with Crippen LogP contribution in [0.5, 0.6) is 0 Å². The molecule has 1 aliphatic carbocycles. The molecule has 0 bridgehead atoms. The number of rotatable bonds is 1. The van der Waals surface area contributed by atoms with Gasteiger partial charge in [-0.1, -0.05) is 0 Å². The minimum atomic E-state index is -2.64. The molecule has 6 heteroatoms. The first kappa shape index (κ1) is 13.4. The van der Waals surface area contributed by atoms with E-state index >= 15 is 0 Å². The number of aromatic nitrogens is 2. The van der Waals surface area contributed by atoms with E-state index in [1.54, 1.807) is 6.92 Å². The number of aryl methyl sites for hydroxylation is 2. The van der Waals surface area contributed by atoms with Crippen LogP contribution in [0.1, 0.15) is 46.8 Å². The summed E-state index contributed by atoms with van der Waals surface area (Å²) in [7, 11) is 0. The minimum Gasteiger partial charge on any atom is -0.337 e. The SMILES string of the molecule is Cc1nc2c(c(C(=O)N3CCC(F)(F)CC3)n1)CCC2. The first-order valence-corrected chi connectivity index (χ1v) is 7.00. The molecule has 3 rings (SSSR count). The second kappa shape index (κ2) is 4.75. The van der Waals surface area contributed by atoms with Crippen molar-refractivity contribution in [2.75, 3.05) is 13.1 Å². The third-order valence-electron chi connectivity index (χ3n) is 4.03. The first-order chi connectivity index (χ1) is 9.46. The summed E-state index contributed by atoms with van der Waals surface area (Å²) in [6.07, 6.45) is 2.14. The zero-order valence-corrected chi connectivity index (χ0v) is 11.5. The summed E-state index contributed by atoms with van der Waals surface area (Å²) >= 11 is 0. The number of hydrogen-bond donors (Lipinski definition) is 0. The number of carbonyl (C=O) groups is 1. The van der Waals surface area contributed by atoms with Gasteiger partial charge in [0, 0.05) is 37.2 Å². The lowest BCUT2D eigenvalue weighted by Crippen LogP contribution is -2.43. The number of hydrogen-bond acceptors (Lipinski definition) is 3. The maximum Gasteiger partial charge on any atom is 0.272 e. The molecule has 0 spiro atoms. The molecule has 1 aromatic heterocycles. The Hall–Kier alpha value is -1.59. The minimum absolute atomic E-state index is 0.101. The fourth-order valence-electron chi connectivity index (χ4n) is 2.92. The summed E-state index contributed by atoms with van der Waals surface area (Å²) in [5.41, 5.74) is 2.29. The second-order valence-electron chi connectivity index (χ2n) is 5.55. The number of nitrogens with zero attached hydrogens (tertiary/aromatic N) is 3. The van der Waals surface area contributed by atoms with E-state index in [9.17, 15) is 13.6 Å². The summed E-state index contributed by atoms with van der Waals surface area (Å²) in [4.78, 5) is 22.6. The van der Waals surface area contributed by atoms with Crippen molar-refractivity contribution in [3.63, 3.8) is 0 Å². The highest BCUT2D eigenvalue weighted by Gasteiger charge is 2.37. The average molecular weight is 281 g/mol.